The van der Waals surface area contributed by atoms with Crippen molar-refractivity contribution in [2.24, 2.45) is 4.36 Å². The lowest BCUT2D eigenvalue weighted by molar-refractivity contribution is 0.682. The van der Waals surface area contributed by atoms with E-state index in [0.29, 0.717) is 12.2 Å². The van der Waals surface area contributed by atoms with E-state index < -0.39 is 9.73 Å². The molecule has 0 bridgehead atoms. The fraction of sp³-hybridized carbons (Fsp3) is 0.333. The molecule has 0 radical (unpaired) electrons. The summed E-state index contributed by atoms with van der Waals surface area (Å²) >= 11 is 0. The van der Waals surface area contributed by atoms with Gasteiger partial charge in [0.2, 0.25) is 0 Å². The minimum Gasteiger partial charge on any atom is -0.398 e. The monoisotopic (exact) mass is 234 g/mol. The molecule has 2 N–H and O–H groups in total. The van der Waals surface area contributed by atoms with Crippen molar-refractivity contribution in [1.29, 1.82) is 0 Å². The first-order chi connectivity index (χ1) is 5.99. The largest absolute Gasteiger partial charge is 0.398 e. The number of halogens is 1. The van der Waals surface area contributed by atoms with Gasteiger partial charge in [0, 0.05) is 27.9 Å². The number of hydrogen-bond donors (Lipinski definition) is 1. The molecule has 0 aliphatic rings. The molecule has 0 fully saturated rings. The average Bonchev–Trinajstić information content (AvgIpc) is 2.01. The highest BCUT2D eigenvalue weighted by Gasteiger charge is 1.96. The highest BCUT2D eigenvalue weighted by molar-refractivity contribution is 7.92. The van der Waals surface area contributed by atoms with Crippen molar-refractivity contribution in [3.63, 3.8) is 0 Å². The van der Waals surface area contributed by atoms with E-state index in [4.69, 9.17) is 5.73 Å². The predicted octanol–water partition coefficient (Wildman–Crippen LogP) is 1.92. The van der Waals surface area contributed by atoms with E-state index >= 15 is 0 Å². The van der Waals surface area contributed by atoms with Gasteiger partial charge < -0.3 is 5.73 Å². The van der Waals surface area contributed by atoms with E-state index in [9.17, 15) is 4.21 Å². The molecule has 1 rings (SSSR count). The lowest BCUT2D eigenvalue weighted by atomic mass is 10.2. The zero-order valence-corrected chi connectivity index (χ0v) is 9.90. The van der Waals surface area contributed by atoms with E-state index in [1.807, 2.05) is 24.3 Å². The molecular weight excluding hydrogens is 220 g/mol. The second-order valence-electron chi connectivity index (χ2n) is 3.17. The van der Waals surface area contributed by atoms with E-state index in [0.717, 1.165) is 5.56 Å². The SMILES string of the molecule is CS(C)(=O)=NCc1ccccc1N.Cl. The number of benzene rings is 1. The van der Waals surface area contributed by atoms with Gasteiger partial charge >= 0.3 is 0 Å². The van der Waals surface area contributed by atoms with E-state index in [2.05, 4.69) is 4.36 Å². The van der Waals surface area contributed by atoms with Crippen LogP contribution in [0.5, 0.6) is 0 Å². The molecule has 0 unspecified atom stereocenters. The van der Waals surface area contributed by atoms with Gasteiger partial charge in [0.25, 0.3) is 0 Å². The van der Waals surface area contributed by atoms with Crippen LogP contribution in [0.25, 0.3) is 0 Å². The third kappa shape index (κ3) is 4.48. The zero-order valence-electron chi connectivity index (χ0n) is 8.27. The van der Waals surface area contributed by atoms with Crippen molar-refractivity contribution in [3.05, 3.63) is 29.8 Å². The van der Waals surface area contributed by atoms with Gasteiger partial charge in [-0.3, -0.25) is 4.21 Å². The second kappa shape index (κ2) is 5.22. The first-order valence-corrected chi connectivity index (χ1v) is 6.28. The van der Waals surface area contributed by atoms with Crippen LogP contribution in [0.3, 0.4) is 0 Å². The van der Waals surface area contributed by atoms with Gasteiger partial charge in [-0.25, -0.2) is 4.36 Å². The standard InChI is InChI=1S/C9H14N2OS.ClH/c1-13(2,12)11-7-8-5-3-4-6-9(8)10;/h3-6H,7,10H2,1-2H3;1H. The normalized spacial score (nSPS) is 10.4. The Balaban J connectivity index is 0.00000169. The van der Waals surface area contributed by atoms with Gasteiger partial charge in [0.15, 0.2) is 0 Å². The molecule has 0 amide bonds. The first kappa shape index (κ1) is 13.3. The van der Waals surface area contributed by atoms with Crippen LogP contribution in [0.1, 0.15) is 5.56 Å². The molecule has 0 aromatic heterocycles. The van der Waals surface area contributed by atoms with Crippen LogP contribution in [0.2, 0.25) is 0 Å². The summed E-state index contributed by atoms with van der Waals surface area (Å²) in [5.74, 6) is 0. The lowest BCUT2D eigenvalue weighted by Gasteiger charge is -2.01. The molecule has 1 aromatic carbocycles. The topological polar surface area (TPSA) is 55.5 Å². The maximum absolute atomic E-state index is 11.3. The summed E-state index contributed by atoms with van der Waals surface area (Å²) in [6, 6.07) is 7.48. The molecule has 0 atom stereocenters. The van der Waals surface area contributed by atoms with Crippen LogP contribution >= 0.6 is 12.4 Å². The molecular formula is C9H15ClN2OS. The number of nitrogen functional groups attached to an aromatic ring is 1. The molecule has 80 valence electrons. The molecule has 14 heavy (non-hydrogen) atoms. The van der Waals surface area contributed by atoms with Crippen LogP contribution in [0.4, 0.5) is 5.69 Å². The van der Waals surface area contributed by atoms with Crippen molar-refractivity contribution in [1.82, 2.24) is 0 Å². The van der Waals surface area contributed by atoms with Gasteiger partial charge in [-0.05, 0) is 11.6 Å². The van der Waals surface area contributed by atoms with Crippen LogP contribution in [-0.2, 0) is 16.3 Å². The summed E-state index contributed by atoms with van der Waals surface area (Å²) in [7, 11) is -2.02. The summed E-state index contributed by atoms with van der Waals surface area (Å²) in [5.41, 5.74) is 7.33. The fourth-order valence-electron chi connectivity index (χ4n) is 0.903. The maximum Gasteiger partial charge on any atom is 0.0754 e. The summed E-state index contributed by atoms with van der Waals surface area (Å²) in [6.45, 7) is 0.429. The molecule has 0 saturated carbocycles. The predicted molar refractivity (Wildman–Crippen MR) is 64.2 cm³/mol. The van der Waals surface area contributed by atoms with Gasteiger partial charge in [0.05, 0.1) is 6.54 Å². The maximum atomic E-state index is 11.3. The van der Waals surface area contributed by atoms with E-state index in [-0.39, 0.29) is 12.4 Å². The number of nitrogens with zero attached hydrogens (tertiary/aromatic N) is 1. The summed E-state index contributed by atoms with van der Waals surface area (Å²) < 4.78 is 15.3. The van der Waals surface area contributed by atoms with Gasteiger partial charge in [-0.15, -0.1) is 12.4 Å². The summed E-state index contributed by atoms with van der Waals surface area (Å²) in [5, 5.41) is 0. The first-order valence-electron chi connectivity index (χ1n) is 3.95. The van der Waals surface area contributed by atoms with Crippen LogP contribution in [0.15, 0.2) is 28.6 Å². The Morgan fingerprint density at radius 2 is 1.93 bits per heavy atom. The van der Waals surface area contributed by atoms with Crippen molar-refractivity contribution >= 4 is 27.8 Å². The number of nitrogens with two attached hydrogens (primary N) is 1. The van der Waals surface area contributed by atoms with Gasteiger partial charge in [-0.2, -0.15) is 0 Å². The molecule has 0 aliphatic heterocycles. The number of rotatable bonds is 2. The number of anilines is 1. The van der Waals surface area contributed by atoms with E-state index in [1.165, 1.54) is 0 Å². The fourth-order valence-corrected chi connectivity index (χ4v) is 1.35. The molecule has 0 aliphatic carbocycles. The molecule has 0 spiro atoms. The Kier molecular flexibility index (Phi) is 4.94. The molecule has 3 nitrogen and oxygen atoms in total. The van der Waals surface area contributed by atoms with E-state index in [1.54, 1.807) is 12.5 Å². The third-order valence-electron chi connectivity index (χ3n) is 1.60. The summed E-state index contributed by atoms with van der Waals surface area (Å²) in [4.78, 5) is 0. The molecule has 0 heterocycles. The Morgan fingerprint density at radius 3 is 2.43 bits per heavy atom. The van der Waals surface area contributed by atoms with Crippen LogP contribution < -0.4 is 5.73 Å². The van der Waals surface area contributed by atoms with Crippen LogP contribution in [0, 0.1) is 0 Å². The second-order valence-corrected chi connectivity index (χ2v) is 5.79. The highest BCUT2D eigenvalue weighted by Crippen LogP contribution is 2.11. The van der Waals surface area contributed by atoms with Crippen LogP contribution in [-0.4, -0.2) is 16.7 Å². The highest BCUT2D eigenvalue weighted by atomic mass is 35.5. The smallest absolute Gasteiger partial charge is 0.0754 e. The van der Waals surface area contributed by atoms with Crippen molar-refractivity contribution in [2.75, 3.05) is 18.2 Å². The Labute approximate surface area is 91.3 Å². The van der Waals surface area contributed by atoms with Crippen molar-refractivity contribution < 1.29 is 4.21 Å². The number of hydrogen-bond acceptors (Lipinski definition) is 3. The Bertz CT molecular complexity index is 403. The van der Waals surface area contributed by atoms with Crippen molar-refractivity contribution in [2.45, 2.75) is 6.54 Å². The summed E-state index contributed by atoms with van der Waals surface area (Å²) in [6.07, 6.45) is 3.23. The lowest BCUT2D eigenvalue weighted by Crippen LogP contribution is -1.96. The van der Waals surface area contributed by atoms with Crippen molar-refractivity contribution in [3.8, 4) is 0 Å². The molecule has 5 heteroatoms. The molecule has 1 aromatic rings. The zero-order chi connectivity index (χ0) is 9.90. The number of para-hydroxylation sites is 1. The minimum absolute atomic E-state index is 0. The third-order valence-corrected chi connectivity index (χ3v) is 2.35. The Hall–Kier alpha value is -0.740. The van der Waals surface area contributed by atoms with Gasteiger partial charge in [-0.1, -0.05) is 18.2 Å². The van der Waals surface area contributed by atoms with Gasteiger partial charge in [0.1, 0.15) is 0 Å². The minimum atomic E-state index is -2.02. The quantitative estimate of drug-likeness (QED) is 0.795. The average molecular weight is 235 g/mol. The molecule has 0 saturated heterocycles. The Morgan fingerprint density at radius 1 is 1.36 bits per heavy atom.